The number of halogens is 4. The molecule has 0 atom stereocenters. The molecule has 0 aliphatic carbocycles. The number of benzene rings is 1. The standard InChI is InChI=1S/C14H13ClF3NO/c1-9-12(8-15)20-13(19-9)7-4-10-2-5-11(6-3-10)14(16,17)18/h2-3,5-6H,4,7-8H2,1H3. The van der Waals surface area contributed by atoms with E-state index in [4.69, 9.17) is 16.0 Å². The molecule has 0 aliphatic rings. The average Bonchev–Trinajstić information content (AvgIpc) is 2.76. The number of alkyl halides is 4. The third-order valence-corrected chi connectivity index (χ3v) is 3.21. The molecule has 0 amide bonds. The third kappa shape index (κ3) is 3.54. The smallest absolute Gasteiger partial charge is 0.416 e. The zero-order valence-corrected chi connectivity index (χ0v) is 11.6. The summed E-state index contributed by atoms with van der Waals surface area (Å²) in [5.74, 6) is 1.45. The summed E-state index contributed by atoms with van der Waals surface area (Å²) in [6.07, 6.45) is -3.20. The summed E-state index contributed by atoms with van der Waals surface area (Å²) in [4.78, 5) is 4.22. The van der Waals surface area contributed by atoms with Crippen molar-refractivity contribution < 1.29 is 17.6 Å². The number of nitrogens with zero attached hydrogens (tertiary/aromatic N) is 1. The van der Waals surface area contributed by atoms with Gasteiger partial charge < -0.3 is 4.42 Å². The highest BCUT2D eigenvalue weighted by atomic mass is 35.5. The van der Waals surface area contributed by atoms with E-state index >= 15 is 0 Å². The number of hydrogen-bond acceptors (Lipinski definition) is 2. The van der Waals surface area contributed by atoms with Crippen LogP contribution >= 0.6 is 11.6 Å². The van der Waals surface area contributed by atoms with Crippen molar-refractivity contribution in [3.8, 4) is 0 Å². The van der Waals surface area contributed by atoms with Crippen molar-refractivity contribution in [3.63, 3.8) is 0 Å². The van der Waals surface area contributed by atoms with E-state index < -0.39 is 11.7 Å². The Morgan fingerprint density at radius 1 is 1.15 bits per heavy atom. The highest BCUT2D eigenvalue weighted by Crippen LogP contribution is 2.29. The Labute approximate surface area is 119 Å². The van der Waals surface area contributed by atoms with E-state index in [1.807, 2.05) is 6.92 Å². The summed E-state index contributed by atoms with van der Waals surface area (Å²) in [5, 5.41) is 0. The van der Waals surface area contributed by atoms with Gasteiger partial charge in [0.2, 0.25) is 0 Å². The fourth-order valence-corrected chi connectivity index (χ4v) is 2.08. The van der Waals surface area contributed by atoms with Crippen LogP contribution in [-0.2, 0) is 24.9 Å². The van der Waals surface area contributed by atoms with Gasteiger partial charge in [0, 0.05) is 6.42 Å². The number of oxazole rings is 1. The van der Waals surface area contributed by atoms with Crippen LogP contribution in [0.3, 0.4) is 0 Å². The lowest BCUT2D eigenvalue weighted by molar-refractivity contribution is -0.137. The van der Waals surface area contributed by atoms with Crippen LogP contribution in [0.4, 0.5) is 13.2 Å². The molecule has 0 N–H and O–H groups in total. The Balaban J connectivity index is 2.00. The van der Waals surface area contributed by atoms with E-state index in [2.05, 4.69) is 4.98 Å². The summed E-state index contributed by atoms with van der Waals surface area (Å²) in [6, 6.07) is 5.11. The molecule has 0 spiro atoms. The average molecular weight is 304 g/mol. The van der Waals surface area contributed by atoms with Crippen molar-refractivity contribution in [2.45, 2.75) is 31.8 Å². The first kappa shape index (κ1) is 14.9. The summed E-state index contributed by atoms with van der Waals surface area (Å²) in [6.45, 7) is 1.81. The van der Waals surface area contributed by atoms with Gasteiger partial charge in [-0.25, -0.2) is 4.98 Å². The van der Waals surface area contributed by atoms with Gasteiger partial charge in [-0.3, -0.25) is 0 Å². The fourth-order valence-electron chi connectivity index (χ4n) is 1.83. The summed E-state index contributed by atoms with van der Waals surface area (Å²) in [5.41, 5.74) is 0.918. The van der Waals surface area contributed by atoms with E-state index in [1.165, 1.54) is 12.1 Å². The molecular weight excluding hydrogens is 291 g/mol. The van der Waals surface area contributed by atoms with Gasteiger partial charge in [-0.15, -0.1) is 11.6 Å². The van der Waals surface area contributed by atoms with Crippen LogP contribution in [-0.4, -0.2) is 4.98 Å². The summed E-state index contributed by atoms with van der Waals surface area (Å²) in [7, 11) is 0. The van der Waals surface area contributed by atoms with Gasteiger partial charge in [-0.2, -0.15) is 13.2 Å². The van der Waals surface area contributed by atoms with E-state index in [0.29, 0.717) is 24.5 Å². The maximum absolute atomic E-state index is 12.4. The lowest BCUT2D eigenvalue weighted by Gasteiger charge is -2.07. The van der Waals surface area contributed by atoms with Gasteiger partial charge in [-0.1, -0.05) is 12.1 Å². The fraction of sp³-hybridized carbons (Fsp3) is 0.357. The van der Waals surface area contributed by atoms with E-state index in [-0.39, 0.29) is 5.88 Å². The van der Waals surface area contributed by atoms with Gasteiger partial charge >= 0.3 is 6.18 Å². The van der Waals surface area contributed by atoms with Gasteiger partial charge in [0.05, 0.1) is 17.1 Å². The molecule has 0 aliphatic heterocycles. The van der Waals surface area contributed by atoms with Crippen molar-refractivity contribution in [1.29, 1.82) is 0 Å². The third-order valence-electron chi connectivity index (χ3n) is 2.97. The quantitative estimate of drug-likeness (QED) is 0.776. The molecule has 0 saturated carbocycles. The first-order valence-corrected chi connectivity index (χ1v) is 6.61. The first-order chi connectivity index (χ1) is 9.40. The predicted octanol–water partition coefficient (Wildman–Crippen LogP) is 4.53. The lowest BCUT2D eigenvalue weighted by Crippen LogP contribution is -2.04. The molecule has 6 heteroatoms. The topological polar surface area (TPSA) is 26.0 Å². The molecule has 20 heavy (non-hydrogen) atoms. The van der Waals surface area contributed by atoms with Gasteiger partial charge in [-0.05, 0) is 31.0 Å². The van der Waals surface area contributed by atoms with Crippen molar-refractivity contribution in [3.05, 3.63) is 52.7 Å². The van der Waals surface area contributed by atoms with Crippen LogP contribution < -0.4 is 0 Å². The van der Waals surface area contributed by atoms with Crippen LogP contribution in [0, 0.1) is 6.92 Å². The molecule has 0 radical (unpaired) electrons. The highest BCUT2D eigenvalue weighted by molar-refractivity contribution is 6.16. The second-order valence-corrected chi connectivity index (χ2v) is 4.71. The molecule has 1 heterocycles. The molecule has 2 nitrogen and oxygen atoms in total. The number of hydrogen-bond donors (Lipinski definition) is 0. The number of rotatable bonds is 4. The Kier molecular flexibility index (Phi) is 4.38. The van der Waals surface area contributed by atoms with E-state index in [1.54, 1.807) is 0 Å². The second-order valence-electron chi connectivity index (χ2n) is 4.44. The van der Waals surface area contributed by atoms with E-state index in [9.17, 15) is 13.2 Å². The van der Waals surface area contributed by atoms with Gasteiger partial charge in [0.25, 0.3) is 0 Å². The highest BCUT2D eigenvalue weighted by Gasteiger charge is 2.29. The molecule has 0 bridgehead atoms. The molecule has 1 aromatic heterocycles. The van der Waals surface area contributed by atoms with Crippen molar-refractivity contribution in [2.75, 3.05) is 0 Å². The zero-order chi connectivity index (χ0) is 14.8. The predicted molar refractivity (Wildman–Crippen MR) is 69.6 cm³/mol. The maximum atomic E-state index is 12.4. The van der Waals surface area contributed by atoms with Crippen molar-refractivity contribution in [1.82, 2.24) is 4.98 Å². The van der Waals surface area contributed by atoms with E-state index in [0.717, 1.165) is 23.4 Å². The molecule has 0 saturated heterocycles. The second kappa shape index (κ2) is 5.87. The molecule has 1 aromatic carbocycles. The Bertz CT molecular complexity index is 575. The van der Waals surface area contributed by atoms with Gasteiger partial charge in [0.1, 0.15) is 5.76 Å². The van der Waals surface area contributed by atoms with Crippen molar-refractivity contribution in [2.24, 2.45) is 0 Å². The van der Waals surface area contributed by atoms with Crippen LogP contribution in [0.2, 0.25) is 0 Å². The monoisotopic (exact) mass is 303 g/mol. The van der Waals surface area contributed by atoms with Crippen LogP contribution in [0.5, 0.6) is 0 Å². The molecule has 0 unspecified atom stereocenters. The Morgan fingerprint density at radius 3 is 2.30 bits per heavy atom. The maximum Gasteiger partial charge on any atom is 0.416 e. The first-order valence-electron chi connectivity index (χ1n) is 6.07. The normalized spacial score (nSPS) is 11.8. The largest absolute Gasteiger partial charge is 0.444 e. The molecule has 108 valence electrons. The van der Waals surface area contributed by atoms with Gasteiger partial charge in [0.15, 0.2) is 5.89 Å². The minimum atomic E-state index is -4.30. The van der Waals surface area contributed by atoms with Crippen LogP contribution in [0.25, 0.3) is 0 Å². The molecule has 2 rings (SSSR count). The zero-order valence-electron chi connectivity index (χ0n) is 10.8. The molecule has 0 fully saturated rings. The Morgan fingerprint density at radius 2 is 1.80 bits per heavy atom. The lowest BCUT2D eigenvalue weighted by atomic mass is 10.1. The number of aryl methyl sites for hydroxylation is 3. The van der Waals surface area contributed by atoms with Crippen LogP contribution in [0.15, 0.2) is 28.7 Å². The SMILES string of the molecule is Cc1nc(CCc2ccc(C(F)(F)F)cc2)oc1CCl. The molecule has 2 aromatic rings. The van der Waals surface area contributed by atoms with Crippen molar-refractivity contribution >= 4 is 11.6 Å². The molecular formula is C14H13ClF3NO. The Hall–Kier alpha value is -1.49. The number of aromatic nitrogens is 1. The van der Waals surface area contributed by atoms with Crippen LogP contribution in [0.1, 0.15) is 28.5 Å². The summed E-state index contributed by atoms with van der Waals surface area (Å²) >= 11 is 5.68. The minimum absolute atomic E-state index is 0.263. The summed E-state index contributed by atoms with van der Waals surface area (Å²) < 4.78 is 42.7. The minimum Gasteiger partial charge on any atom is -0.444 e.